The smallest absolute Gasteiger partial charge is 0.0787 e. The van der Waals surface area contributed by atoms with Gasteiger partial charge >= 0.3 is 0 Å². The van der Waals surface area contributed by atoms with E-state index >= 15 is 0 Å². The molecule has 0 fully saturated rings. The number of hydrogen-bond donors (Lipinski definition) is 1. The zero-order chi connectivity index (χ0) is 8.27. The van der Waals surface area contributed by atoms with Crippen molar-refractivity contribution in [2.45, 2.75) is 19.4 Å². The molecule has 0 bridgehead atoms. The Hall–Kier alpha value is -0.340. The molecule has 0 aliphatic heterocycles. The molecule has 0 radical (unpaired) electrons. The number of hydrogen-bond acceptors (Lipinski definition) is 1. The molecular weight excluding hydrogens is 204 g/mol. The SMILES string of the molecule is CC[C@H](O)c1cccc(Br)c1. The number of aliphatic hydroxyl groups excluding tert-OH is 1. The average Bonchev–Trinajstić information content (AvgIpc) is 2.03. The van der Waals surface area contributed by atoms with Gasteiger partial charge in [0.2, 0.25) is 0 Å². The van der Waals surface area contributed by atoms with E-state index in [0.717, 1.165) is 16.5 Å². The number of rotatable bonds is 2. The lowest BCUT2D eigenvalue weighted by molar-refractivity contribution is 0.173. The molecule has 1 rings (SSSR count). The predicted octanol–water partition coefficient (Wildman–Crippen LogP) is 2.89. The van der Waals surface area contributed by atoms with Crippen molar-refractivity contribution in [2.75, 3.05) is 0 Å². The van der Waals surface area contributed by atoms with E-state index in [1.807, 2.05) is 31.2 Å². The van der Waals surface area contributed by atoms with Crippen molar-refractivity contribution in [3.05, 3.63) is 34.3 Å². The fraction of sp³-hybridized carbons (Fsp3) is 0.333. The summed E-state index contributed by atoms with van der Waals surface area (Å²) in [5.41, 5.74) is 0.974. The molecule has 0 aliphatic rings. The van der Waals surface area contributed by atoms with Crippen LogP contribution in [0.1, 0.15) is 25.0 Å². The molecule has 0 heterocycles. The third-order valence-corrected chi connectivity index (χ3v) is 2.11. The molecule has 0 saturated carbocycles. The highest BCUT2D eigenvalue weighted by atomic mass is 79.9. The summed E-state index contributed by atoms with van der Waals surface area (Å²) in [6.45, 7) is 1.96. The summed E-state index contributed by atoms with van der Waals surface area (Å²) in [4.78, 5) is 0. The van der Waals surface area contributed by atoms with Crippen molar-refractivity contribution in [3.63, 3.8) is 0 Å². The van der Waals surface area contributed by atoms with Gasteiger partial charge in [-0.25, -0.2) is 0 Å². The second-order valence-electron chi connectivity index (χ2n) is 2.48. The van der Waals surface area contributed by atoms with Gasteiger partial charge in [-0.3, -0.25) is 0 Å². The fourth-order valence-electron chi connectivity index (χ4n) is 0.950. The number of halogens is 1. The highest BCUT2D eigenvalue weighted by molar-refractivity contribution is 9.10. The lowest BCUT2D eigenvalue weighted by atomic mass is 10.1. The first kappa shape index (κ1) is 8.75. The zero-order valence-corrected chi connectivity index (χ0v) is 8.01. The van der Waals surface area contributed by atoms with Crippen molar-refractivity contribution < 1.29 is 5.11 Å². The molecule has 1 nitrogen and oxygen atoms in total. The fourth-order valence-corrected chi connectivity index (χ4v) is 1.37. The number of aliphatic hydroxyl groups is 1. The molecule has 0 aromatic heterocycles. The molecule has 11 heavy (non-hydrogen) atoms. The maximum atomic E-state index is 9.43. The van der Waals surface area contributed by atoms with Gasteiger partial charge in [0.15, 0.2) is 0 Å². The molecule has 60 valence electrons. The second kappa shape index (κ2) is 3.88. The molecule has 0 spiro atoms. The van der Waals surface area contributed by atoms with Gasteiger partial charge in [-0.1, -0.05) is 35.0 Å². The molecule has 1 aromatic carbocycles. The summed E-state index contributed by atoms with van der Waals surface area (Å²) in [6, 6.07) is 7.75. The number of benzene rings is 1. The van der Waals surface area contributed by atoms with Crippen LogP contribution in [0.3, 0.4) is 0 Å². The molecule has 0 unspecified atom stereocenters. The van der Waals surface area contributed by atoms with Gasteiger partial charge in [0.25, 0.3) is 0 Å². The molecule has 0 aliphatic carbocycles. The van der Waals surface area contributed by atoms with Gasteiger partial charge in [-0.05, 0) is 24.1 Å². The van der Waals surface area contributed by atoms with Gasteiger partial charge < -0.3 is 5.11 Å². The molecule has 1 aromatic rings. The van der Waals surface area contributed by atoms with E-state index in [1.54, 1.807) is 0 Å². The van der Waals surface area contributed by atoms with Crippen LogP contribution in [0.25, 0.3) is 0 Å². The Morgan fingerprint density at radius 3 is 2.82 bits per heavy atom. The Labute approximate surface area is 75.2 Å². The molecule has 1 N–H and O–H groups in total. The third-order valence-electron chi connectivity index (χ3n) is 1.62. The van der Waals surface area contributed by atoms with Crippen molar-refractivity contribution in [1.29, 1.82) is 0 Å². The molecule has 2 heteroatoms. The maximum absolute atomic E-state index is 9.43. The van der Waals surface area contributed by atoms with E-state index in [9.17, 15) is 5.11 Å². The summed E-state index contributed by atoms with van der Waals surface area (Å²) < 4.78 is 1.02. The normalized spacial score (nSPS) is 13.0. The van der Waals surface area contributed by atoms with Crippen molar-refractivity contribution in [2.24, 2.45) is 0 Å². The van der Waals surface area contributed by atoms with Crippen LogP contribution in [-0.2, 0) is 0 Å². The zero-order valence-electron chi connectivity index (χ0n) is 6.42. The molecule has 1 atom stereocenters. The first-order chi connectivity index (χ1) is 5.24. The maximum Gasteiger partial charge on any atom is 0.0787 e. The average molecular weight is 215 g/mol. The van der Waals surface area contributed by atoms with Gasteiger partial charge in [0.1, 0.15) is 0 Å². The highest BCUT2D eigenvalue weighted by Gasteiger charge is 2.03. The van der Waals surface area contributed by atoms with Crippen LogP contribution in [0.4, 0.5) is 0 Å². The first-order valence-corrected chi connectivity index (χ1v) is 4.47. The largest absolute Gasteiger partial charge is 0.388 e. The molecule has 0 saturated heterocycles. The van der Waals surface area contributed by atoms with Gasteiger partial charge in [-0.2, -0.15) is 0 Å². The van der Waals surface area contributed by atoms with Gasteiger partial charge in [0, 0.05) is 4.47 Å². The van der Waals surface area contributed by atoms with Crippen molar-refractivity contribution >= 4 is 15.9 Å². The summed E-state index contributed by atoms with van der Waals surface area (Å²) in [6.07, 6.45) is 0.434. The van der Waals surface area contributed by atoms with Crippen LogP contribution in [0, 0.1) is 0 Å². The molecular formula is C9H11BrO. The Kier molecular flexibility index (Phi) is 3.09. The quantitative estimate of drug-likeness (QED) is 0.804. The minimum Gasteiger partial charge on any atom is -0.388 e. The summed E-state index contributed by atoms with van der Waals surface area (Å²) in [5.74, 6) is 0. The highest BCUT2D eigenvalue weighted by Crippen LogP contribution is 2.19. The third kappa shape index (κ3) is 2.31. The lowest BCUT2D eigenvalue weighted by Crippen LogP contribution is -1.93. The van der Waals surface area contributed by atoms with E-state index in [2.05, 4.69) is 15.9 Å². The Morgan fingerprint density at radius 1 is 1.55 bits per heavy atom. The van der Waals surface area contributed by atoms with Crippen LogP contribution in [0.5, 0.6) is 0 Å². The van der Waals surface area contributed by atoms with Crippen LogP contribution in [0.2, 0.25) is 0 Å². The first-order valence-electron chi connectivity index (χ1n) is 3.67. The topological polar surface area (TPSA) is 20.2 Å². The summed E-state index contributed by atoms with van der Waals surface area (Å²) in [7, 11) is 0. The summed E-state index contributed by atoms with van der Waals surface area (Å²) in [5, 5.41) is 9.43. The second-order valence-corrected chi connectivity index (χ2v) is 3.39. The van der Waals surface area contributed by atoms with Crippen molar-refractivity contribution in [3.8, 4) is 0 Å². The van der Waals surface area contributed by atoms with E-state index in [0.29, 0.717) is 0 Å². The van der Waals surface area contributed by atoms with Crippen LogP contribution >= 0.6 is 15.9 Å². The van der Waals surface area contributed by atoms with E-state index in [4.69, 9.17) is 0 Å². The Balaban J connectivity index is 2.86. The van der Waals surface area contributed by atoms with Crippen LogP contribution in [-0.4, -0.2) is 5.11 Å². The molecule has 0 amide bonds. The summed E-state index contributed by atoms with van der Waals surface area (Å²) >= 11 is 3.35. The predicted molar refractivity (Wildman–Crippen MR) is 49.4 cm³/mol. The Bertz CT molecular complexity index is 235. The van der Waals surface area contributed by atoms with Crippen molar-refractivity contribution in [1.82, 2.24) is 0 Å². The van der Waals surface area contributed by atoms with Gasteiger partial charge in [0.05, 0.1) is 6.10 Å². The van der Waals surface area contributed by atoms with E-state index in [-0.39, 0.29) is 6.10 Å². The monoisotopic (exact) mass is 214 g/mol. The van der Waals surface area contributed by atoms with Gasteiger partial charge in [-0.15, -0.1) is 0 Å². The minimum atomic E-state index is -0.326. The van der Waals surface area contributed by atoms with Crippen LogP contribution in [0.15, 0.2) is 28.7 Å². The lowest BCUT2D eigenvalue weighted by Gasteiger charge is -2.07. The van der Waals surface area contributed by atoms with Crippen LogP contribution < -0.4 is 0 Å². The standard InChI is InChI=1S/C9H11BrO/c1-2-9(11)7-4-3-5-8(10)6-7/h3-6,9,11H,2H2,1H3/t9-/m0/s1. The minimum absolute atomic E-state index is 0.326. The van der Waals surface area contributed by atoms with E-state index in [1.165, 1.54) is 0 Å². The van der Waals surface area contributed by atoms with E-state index < -0.39 is 0 Å². The Morgan fingerprint density at radius 2 is 2.27 bits per heavy atom.